The maximum Gasteiger partial charge on any atom is 0.178 e. The molecule has 1 unspecified atom stereocenters. The van der Waals surface area contributed by atoms with Crippen LogP contribution in [-0.2, 0) is 9.84 Å². The number of nitrogens with one attached hydrogen (secondary N) is 1. The first-order chi connectivity index (χ1) is 7.63. The zero-order valence-electron chi connectivity index (χ0n) is 9.44. The molecule has 4 heteroatoms. The van der Waals surface area contributed by atoms with Gasteiger partial charge >= 0.3 is 0 Å². The molecule has 0 saturated carbocycles. The van der Waals surface area contributed by atoms with Crippen LogP contribution in [0.4, 0.5) is 0 Å². The Labute approximate surface area is 96.8 Å². The van der Waals surface area contributed by atoms with E-state index in [0.717, 1.165) is 13.0 Å². The molecule has 1 N–H and O–H groups in total. The molecule has 1 aliphatic rings. The van der Waals surface area contributed by atoms with E-state index in [4.69, 9.17) is 0 Å². The first kappa shape index (κ1) is 11.6. The molecular weight excluding hydrogens is 222 g/mol. The van der Waals surface area contributed by atoms with Crippen LogP contribution >= 0.6 is 0 Å². The number of rotatable bonds is 3. The second-order valence-electron chi connectivity index (χ2n) is 4.12. The Balaban J connectivity index is 2.22. The summed E-state index contributed by atoms with van der Waals surface area (Å²) >= 11 is 0. The zero-order valence-corrected chi connectivity index (χ0v) is 10.3. The summed E-state index contributed by atoms with van der Waals surface area (Å²) in [6.07, 6.45) is 2.33. The van der Waals surface area contributed by atoms with Crippen molar-refractivity contribution in [1.82, 2.24) is 5.32 Å². The van der Waals surface area contributed by atoms with Crippen molar-refractivity contribution in [2.45, 2.75) is 30.7 Å². The molecule has 3 nitrogen and oxygen atoms in total. The third-order valence-corrected chi connectivity index (χ3v) is 4.83. The highest BCUT2D eigenvalue weighted by atomic mass is 32.2. The van der Waals surface area contributed by atoms with Crippen molar-refractivity contribution in [2.75, 3.05) is 12.3 Å². The number of sulfone groups is 1. The first-order valence-electron chi connectivity index (χ1n) is 5.69. The lowest BCUT2D eigenvalue weighted by Crippen LogP contribution is -2.13. The highest BCUT2D eigenvalue weighted by Gasteiger charge is 2.17. The monoisotopic (exact) mass is 239 g/mol. The van der Waals surface area contributed by atoms with Crippen LogP contribution in [-0.4, -0.2) is 20.7 Å². The van der Waals surface area contributed by atoms with E-state index < -0.39 is 9.84 Å². The van der Waals surface area contributed by atoms with Gasteiger partial charge in [0.05, 0.1) is 10.6 Å². The average molecular weight is 239 g/mol. The van der Waals surface area contributed by atoms with Gasteiger partial charge < -0.3 is 5.32 Å². The first-order valence-corrected chi connectivity index (χ1v) is 7.35. The minimum absolute atomic E-state index is 0.161. The highest BCUT2D eigenvalue weighted by Crippen LogP contribution is 2.24. The fourth-order valence-corrected chi connectivity index (χ4v) is 2.93. The summed E-state index contributed by atoms with van der Waals surface area (Å²) in [7, 11) is -3.06. The van der Waals surface area contributed by atoms with Crippen molar-refractivity contribution in [1.29, 1.82) is 0 Å². The van der Waals surface area contributed by atoms with E-state index in [1.165, 1.54) is 12.0 Å². The predicted molar refractivity (Wildman–Crippen MR) is 64.1 cm³/mol. The molecule has 1 atom stereocenters. The normalized spacial score (nSPS) is 21.2. The van der Waals surface area contributed by atoms with Crippen LogP contribution < -0.4 is 5.32 Å². The van der Waals surface area contributed by atoms with E-state index in [0.29, 0.717) is 10.9 Å². The summed E-state index contributed by atoms with van der Waals surface area (Å²) in [5, 5.41) is 3.40. The minimum atomic E-state index is -3.06. The fourth-order valence-electron chi connectivity index (χ4n) is 2.04. The summed E-state index contributed by atoms with van der Waals surface area (Å²) < 4.78 is 23.2. The highest BCUT2D eigenvalue weighted by molar-refractivity contribution is 7.91. The Bertz CT molecular complexity index is 444. The standard InChI is InChI=1S/C12H17NO2S/c1-2-16(14,15)11-7-5-10(6-8-11)12-4-3-9-13-12/h5-8,12-13H,2-4,9H2,1H3. The third kappa shape index (κ3) is 2.28. The Hall–Kier alpha value is -0.870. The molecule has 1 saturated heterocycles. The number of hydrogen-bond donors (Lipinski definition) is 1. The molecule has 0 radical (unpaired) electrons. The van der Waals surface area contributed by atoms with Crippen LogP contribution in [0.2, 0.25) is 0 Å². The molecule has 1 aliphatic heterocycles. The van der Waals surface area contributed by atoms with E-state index in [9.17, 15) is 8.42 Å². The smallest absolute Gasteiger partial charge is 0.178 e. The lowest BCUT2D eigenvalue weighted by molar-refractivity contribution is 0.597. The fraction of sp³-hybridized carbons (Fsp3) is 0.500. The van der Waals surface area contributed by atoms with Gasteiger partial charge in [-0.05, 0) is 37.1 Å². The van der Waals surface area contributed by atoms with Crippen LogP contribution in [0.25, 0.3) is 0 Å². The number of hydrogen-bond acceptors (Lipinski definition) is 3. The molecule has 16 heavy (non-hydrogen) atoms. The van der Waals surface area contributed by atoms with E-state index in [1.54, 1.807) is 19.1 Å². The second-order valence-corrected chi connectivity index (χ2v) is 6.40. The molecule has 0 amide bonds. The molecule has 1 aromatic rings. The van der Waals surface area contributed by atoms with Gasteiger partial charge in [-0.2, -0.15) is 0 Å². The second kappa shape index (κ2) is 4.55. The maximum absolute atomic E-state index is 11.6. The average Bonchev–Trinajstić information content (AvgIpc) is 2.83. The van der Waals surface area contributed by atoms with E-state index in [1.807, 2.05) is 12.1 Å². The summed E-state index contributed by atoms with van der Waals surface area (Å²) in [6, 6.07) is 7.68. The summed E-state index contributed by atoms with van der Waals surface area (Å²) in [5.74, 6) is 0.161. The Morgan fingerprint density at radius 3 is 2.50 bits per heavy atom. The van der Waals surface area contributed by atoms with Crippen LogP contribution in [0, 0.1) is 0 Å². The van der Waals surface area contributed by atoms with Crippen LogP contribution in [0.1, 0.15) is 31.4 Å². The largest absolute Gasteiger partial charge is 0.310 e. The minimum Gasteiger partial charge on any atom is -0.310 e. The summed E-state index contributed by atoms with van der Waals surface area (Å²) in [6.45, 7) is 2.72. The van der Waals surface area contributed by atoms with Gasteiger partial charge in [0, 0.05) is 6.04 Å². The quantitative estimate of drug-likeness (QED) is 0.876. The third-order valence-electron chi connectivity index (χ3n) is 3.08. The van der Waals surface area contributed by atoms with Crippen LogP contribution in [0.5, 0.6) is 0 Å². The van der Waals surface area contributed by atoms with Crippen molar-refractivity contribution in [3.63, 3.8) is 0 Å². The van der Waals surface area contributed by atoms with Crippen molar-refractivity contribution in [3.8, 4) is 0 Å². The van der Waals surface area contributed by atoms with Gasteiger partial charge in [0.15, 0.2) is 9.84 Å². The Kier molecular flexibility index (Phi) is 3.30. The molecule has 1 fully saturated rings. The van der Waals surface area contributed by atoms with Crippen molar-refractivity contribution < 1.29 is 8.42 Å². The van der Waals surface area contributed by atoms with E-state index in [-0.39, 0.29) is 5.75 Å². The van der Waals surface area contributed by atoms with E-state index >= 15 is 0 Å². The molecular formula is C12H17NO2S. The Morgan fingerprint density at radius 1 is 1.31 bits per heavy atom. The van der Waals surface area contributed by atoms with Gasteiger partial charge in [0.2, 0.25) is 0 Å². The van der Waals surface area contributed by atoms with Crippen molar-refractivity contribution in [3.05, 3.63) is 29.8 Å². The topological polar surface area (TPSA) is 46.2 Å². The van der Waals surface area contributed by atoms with Gasteiger partial charge in [0.1, 0.15) is 0 Å². The summed E-state index contributed by atoms with van der Waals surface area (Å²) in [4.78, 5) is 0.428. The molecule has 0 bridgehead atoms. The van der Waals surface area contributed by atoms with Crippen molar-refractivity contribution >= 4 is 9.84 Å². The predicted octanol–water partition coefficient (Wildman–Crippen LogP) is 1.90. The zero-order chi connectivity index (χ0) is 11.6. The molecule has 2 rings (SSSR count). The molecule has 1 heterocycles. The SMILES string of the molecule is CCS(=O)(=O)c1ccc(C2CCCN2)cc1. The van der Waals surface area contributed by atoms with Gasteiger partial charge in [-0.3, -0.25) is 0 Å². The molecule has 0 aromatic heterocycles. The summed E-state index contributed by atoms with van der Waals surface area (Å²) in [5.41, 5.74) is 1.19. The van der Waals surface area contributed by atoms with Gasteiger partial charge in [0.25, 0.3) is 0 Å². The number of benzene rings is 1. The molecule has 0 spiro atoms. The van der Waals surface area contributed by atoms with Gasteiger partial charge in [-0.25, -0.2) is 8.42 Å². The molecule has 0 aliphatic carbocycles. The van der Waals surface area contributed by atoms with Crippen LogP contribution in [0.3, 0.4) is 0 Å². The lowest BCUT2D eigenvalue weighted by Gasteiger charge is -2.11. The van der Waals surface area contributed by atoms with Gasteiger partial charge in [-0.1, -0.05) is 19.1 Å². The van der Waals surface area contributed by atoms with Crippen molar-refractivity contribution in [2.24, 2.45) is 0 Å². The molecule has 88 valence electrons. The Morgan fingerprint density at radius 2 is 2.00 bits per heavy atom. The van der Waals surface area contributed by atoms with E-state index in [2.05, 4.69) is 5.32 Å². The lowest BCUT2D eigenvalue weighted by atomic mass is 10.1. The maximum atomic E-state index is 11.6. The van der Waals surface area contributed by atoms with Crippen LogP contribution in [0.15, 0.2) is 29.2 Å². The van der Waals surface area contributed by atoms with Gasteiger partial charge in [-0.15, -0.1) is 0 Å². The molecule has 1 aromatic carbocycles.